The number of nitrogens with two attached hydrogens (primary N) is 1. The Kier molecular flexibility index (Phi) is 3.91. The highest BCUT2D eigenvalue weighted by Crippen LogP contribution is 2.34. The van der Waals surface area contributed by atoms with Crippen molar-refractivity contribution in [2.45, 2.75) is 6.04 Å². The highest BCUT2D eigenvalue weighted by Gasteiger charge is 2.18. The van der Waals surface area contributed by atoms with E-state index in [1.165, 1.54) is 0 Å². The molecule has 0 aliphatic heterocycles. The van der Waals surface area contributed by atoms with Gasteiger partial charge in [-0.3, -0.25) is 0 Å². The van der Waals surface area contributed by atoms with E-state index >= 15 is 0 Å². The second-order valence-electron chi connectivity index (χ2n) is 4.45. The monoisotopic (exact) mass is 413 g/mol. The average molecular weight is 416 g/mol. The fraction of sp³-hybridized carbons (Fsp3) is 0.0667. The van der Waals surface area contributed by atoms with Crippen molar-refractivity contribution in [2.24, 2.45) is 5.73 Å². The molecule has 0 saturated carbocycles. The number of benzene rings is 2. The Bertz CT molecular complexity index is 785. The van der Waals surface area contributed by atoms with Crippen molar-refractivity contribution in [3.63, 3.8) is 0 Å². The standard InChI is InChI=1S/C15H10Br2ClNO/c16-9-4-5-11(17)10(7-9)14(19)13-6-8-2-1-3-12(18)15(8)20-13/h1-7,14H,19H2. The van der Waals surface area contributed by atoms with Crippen LogP contribution in [0.1, 0.15) is 17.4 Å². The summed E-state index contributed by atoms with van der Waals surface area (Å²) in [4.78, 5) is 0. The Morgan fingerprint density at radius 3 is 2.65 bits per heavy atom. The topological polar surface area (TPSA) is 39.2 Å². The highest BCUT2D eigenvalue weighted by atomic mass is 79.9. The van der Waals surface area contributed by atoms with Crippen LogP contribution in [0.5, 0.6) is 0 Å². The number of hydrogen-bond donors (Lipinski definition) is 1. The van der Waals surface area contributed by atoms with Crippen LogP contribution in [0.4, 0.5) is 0 Å². The summed E-state index contributed by atoms with van der Waals surface area (Å²) in [5.74, 6) is 0.687. The summed E-state index contributed by atoms with van der Waals surface area (Å²) >= 11 is 13.1. The van der Waals surface area contributed by atoms with Gasteiger partial charge < -0.3 is 10.2 Å². The maximum Gasteiger partial charge on any atom is 0.152 e. The summed E-state index contributed by atoms with van der Waals surface area (Å²) < 4.78 is 7.73. The number of halogens is 3. The van der Waals surface area contributed by atoms with Gasteiger partial charge in [0.25, 0.3) is 0 Å². The highest BCUT2D eigenvalue weighted by molar-refractivity contribution is 9.11. The molecule has 0 aliphatic carbocycles. The molecular formula is C15H10Br2ClNO. The van der Waals surface area contributed by atoms with E-state index in [9.17, 15) is 0 Å². The first-order valence-corrected chi connectivity index (χ1v) is 7.91. The summed E-state index contributed by atoms with van der Waals surface area (Å²) in [7, 11) is 0. The van der Waals surface area contributed by atoms with Crippen LogP contribution in [0, 0.1) is 0 Å². The molecule has 0 fully saturated rings. The normalized spacial score (nSPS) is 12.8. The molecule has 2 nitrogen and oxygen atoms in total. The van der Waals surface area contributed by atoms with Crippen LogP contribution in [0.3, 0.4) is 0 Å². The minimum absolute atomic E-state index is 0.356. The first kappa shape index (κ1) is 14.1. The Balaban J connectivity index is 2.10. The minimum atomic E-state index is -0.356. The van der Waals surface area contributed by atoms with Crippen molar-refractivity contribution in [2.75, 3.05) is 0 Å². The lowest BCUT2D eigenvalue weighted by atomic mass is 10.1. The van der Waals surface area contributed by atoms with Crippen molar-refractivity contribution >= 4 is 54.4 Å². The van der Waals surface area contributed by atoms with Gasteiger partial charge in [0.1, 0.15) is 5.76 Å². The van der Waals surface area contributed by atoms with Crippen LogP contribution >= 0.6 is 43.5 Å². The van der Waals surface area contributed by atoms with Gasteiger partial charge in [0, 0.05) is 14.3 Å². The first-order valence-electron chi connectivity index (χ1n) is 5.95. The zero-order valence-electron chi connectivity index (χ0n) is 10.2. The van der Waals surface area contributed by atoms with Crippen LogP contribution in [0.2, 0.25) is 5.02 Å². The number of para-hydroxylation sites is 1. The lowest BCUT2D eigenvalue weighted by Crippen LogP contribution is -2.11. The van der Waals surface area contributed by atoms with E-state index in [1.54, 1.807) is 6.07 Å². The summed E-state index contributed by atoms with van der Waals surface area (Å²) in [6, 6.07) is 13.1. The molecule has 20 heavy (non-hydrogen) atoms. The number of furan rings is 1. The van der Waals surface area contributed by atoms with Crippen LogP contribution in [0.25, 0.3) is 11.0 Å². The number of fused-ring (bicyclic) bond motifs is 1. The van der Waals surface area contributed by atoms with Crippen LogP contribution in [-0.4, -0.2) is 0 Å². The van der Waals surface area contributed by atoms with Gasteiger partial charge in [-0.25, -0.2) is 0 Å². The van der Waals surface area contributed by atoms with Gasteiger partial charge in [-0.2, -0.15) is 0 Å². The summed E-state index contributed by atoms with van der Waals surface area (Å²) in [5, 5.41) is 1.54. The average Bonchev–Trinajstić information content (AvgIpc) is 2.86. The minimum Gasteiger partial charge on any atom is -0.457 e. The SMILES string of the molecule is NC(c1cc2cccc(Cl)c2o1)c1cc(Br)ccc1Br. The molecular weight excluding hydrogens is 405 g/mol. The van der Waals surface area contributed by atoms with Gasteiger partial charge in [-0.15, -0.1) is 0 Å². The van der Waals surface area contributed by atoms with Gasteiger partial charge in [-0.05, 0) is 35.9 Å². The fourth-order valence-electron chi connectivity index (χ4n) is 2.11. The molecule has 0 spiro atoms. The molecule has 3 aromatic rings. The molecule has 1 aromatic heterocycles. The Hall–Kier alpha value is -0.810. The van der Waals surface area contributed by atoms with Crippen molar-refractivity contribution in [1.82, 2.24) is 0 Å². The zero-order valence-corrected chi connectivity index (χ0v) is 14.2. The van der Waals surface area contributed by atoms with Gasteiger partial charge in [-0.1, -0.05) is 55.6 Å². The molecule has 102 valence electrons. The summed E-state index contributed by atoms with van der Waals surface area (Å²) in [5.41, 5.74) is 7.94. The van der Waals surface area contributed by atoms with Crippen molar-refractivity contribution in [3.8, 4) is 0 Å². The van der Waals surface area contributed by atoms with E-state index in [0.29, 0.717) is 16.4 Å². The predicted molar refractivity (Wildman–Crippen MR) is 89.1 cm³/mol. The molecule has 5 heteroatoms. The van der Waals surface area contributed by atoms with Gasteiger partial charge >= 0.3 is 0 Å². The number of rotatable bonds is 2. The predicted octanol–water partition coefficient (Wildman–Crippen LogP) is 5.66. The molecule has 0 saturated heterocycles. The van der Waals surface area contributed by atoms with Gasteiger partial charge in [0.05, 0.1) is 11.1 Å². The summed E-state index contributed by atoms with van der Waals surface area (Å²) in [6.07, 6.45) is 0. The first-order chi connectivity index (χ1) is 9.56. The van der Waals surface area contributed by atoms with Crippen LogP contribution < -0.4 is 5.73 Å². The molecule has 2 N–H and O–H groups in total. The Labute approximate surface area is 138 Å². The zero-order chi connectivity index (χ0) is 14.3. The van der Waals surface area contributed by atoms with Crippen LogP contribution in [0.15, 0.2) is 55.8 Å². The van der Waals surface area contributed by atoms with E-state index < -0.39 is 0 Å². The molecule has 2 aromatic carbocycles. The molecule has 0 radical (unpaired) electrons. The van der Waals surface area contributed by atoms with Gasteiger partial charge in [0.15, 0.2) is 5.58 Å². The Morgan fingerprint density at radius 1 is 1.10 bits per heavy atom. The Morgan fingerprint density at radius 2 is 1.90 bits per heavy atom. The quantitative estimate of drug-likeness (QED) is 0.587. The lowest BCUT2D eigenvalue weighted by Gasteiger charge is -2.11. The third-order valence-corrected chi connectivity index (χ3v) is 4.63. The molecule has 1 atom stereocenters. The molecule has 3 rings (SSSR count). The largest absolute Gasteiger partial charge is 0.457 e. The van der Waals surface area contributed by atoms with Crippen molar-refractivity contribution in [3.05, 3.63) is 67.8 Å². The van der Waals surface area contributed by atoms with Crippen molar-refractivity contribution in [1.29, 1.82) is 0 Å². The smallest absolute Gasteiger partial charge is 0.152 e. The van der Waals surface area contributed by atoms with E-state index in [1.807, 2.05) is 36.4 Å². The van der Waals surface area contributed by atoms with Gasteiger partial charge in [0.2, 0.25) is 0 Å². The van der Waals surface area contributed by atoms with E-state index in [2.05, 4.69) is 31.9 Å². The molecule has 0 amide bonds. The molecule has 1 heterocycles. The lowest BCUT2D eigenvalue weighted by molar-refractivity contribution is 0.524. The second-order valence-corrected chi connectivity index (χ2v) is 6.63. The third kappa shape index (κ3) is 2.53. The third-order valence-electron chi connectivity index (χ3n) is 3.11. The van der Waals surface area contributed by atoms with Crippen LogP contribution in [-0.2, 0) is 0 Å². The van der Waals surface area contributed by atoms with E-state index in [4.69, 9.17) is 21.8 Å². The maximum absolute atomic E-state index is 6.31. The molecule has 1 unspecified atom stereocenters. The fourth-order valence-corrected chi connectivity index (χ4v) is 3.20. The van der Waals surface area contributed by atoms with E-state index in [-0.39, 0.29) is 6.04 Å². The molecule has 0 aliphatic rings. The summed E-state index contributed by atoms with van der Waals surface area (Å²) in [6.45, 7) is 0. The molecule has 0 bridgehead atoms. The van der Waals surface area contributed by atoms with Crippen molar-refractivity contribution < 1.29 is 4.42 Å². The van der Waals surface area contributed by atoms with E-state index in [0.717, 1.165) is 19.9 Å². The number of hydrogen-bond acceptors (Lipinski definition) is 2. The second kappa shape index (κ2) is 5.53. The maximum atomic E-state index is 6.31.